The summed E-state index contributed by atoms with van der Waals surface area (Å²) >= 11 is 1.82. The molecule has 0 atom stereocenters. The van der Waals surface area contributed by atoms with Crippen LogP contribution in [0.1, 0.15) is 22.8 Å². The van der Waals surface area contributed by atoms with Gasteiger partial charge in [0.15, 0.2) is 0 Å². The topological polar surface area (TPSA) is 29.0 Å². The third-order valence-electron chi connectivity index (χ3n) is 3.32. The average molecular weight is 271 g/mol. The molecule has 0 radical (unpaired) electrons. The Morgan fingerprint density at radius 1 is 1.26 bits per heavy atom. The lowest BCUT2D eigenvalue weighted by Crippen LogP contribution is -2.29. The summed E-state index contributed by atoms with van der Waals surface area (Å²) in [5, 5.41) is 2.14. The van der Waals surface area contributed by atoms with E-state index in [1.54, 1.807) is 0 Å². The van der Waals surface area contributed by atoms with Gasteiger partial charge < -0.3 is 4.90 Å². The Kier molecular flexibility index (Phi) is 3.34. The van der Waals surface area contributed by atoms with Crippen molar-refractivity contribution in [3.05, 3.63) is 46.1 Å². The van der Waals surface area contributed by atoms with Gasteiger partial charge in [-0.2, -0.15) is 0 Å². The van der Waals surface area contributed by atoms with Crippen molar-refractivity contribution >= 4 is 22.7 Å². The minimum Gasteiger partial charge on any atom is -0.352 e. The lowest BCUT2D eigenvalue weighted by molar-refractivity contribution is 0.806. The third-order valence-corrected chi connectivity index (χ3v) is 4.27. The number of rotatable bonds is 2. The van der Waals surface area contributed by atoms with Crippen LogP contribution in [0.4, 0.5) is 5.82 Å². The maximum Gasteiger partial charge on any atom is 0.132 e. The second kappa shape index (κ2) is 5.13. The molecule has 2 aromatic rings. The summed E-state index contributed by atoms with van der Waals surface area (Å²) in [6.07, 6.45) is 3.41. The highest BCUT2D eigenvalue weighted by molar-refractivity contribution is 7.11. The lowest BCUT2D eigenvalue weighted by Gasteiger charge is -2.27. The molecule has 0 unspecified atom stereocenters. The predicted octanol–water partition coefficient (Wildman–Crippen LogP) is 3.45. The van der Waals surface area contributed by atoms with Crippen LogP contribution in [0.5, 0.6) is 0 Å². The van der Waals surface area contributed by atoms with Gasteiger partial charge in [0.1, 0.15) is 11.6 Å². The highest BCUT2D eigenvalue weighted by Gasteiger charge is 2.15. The van der Waals surface area contributed by atoms with Crippen LogP contribution in [0, 0.1) is 13.8 Å². The van der Waals surface area contributed by atoms with Crippen molar-refractivity contribution in [2.24, 2.45) is 0 Å². The first-order valence-corrected chi connectivity index (χ1v) is 7.40. The molecule has 0 saturated heterocycles. The Labute approximate surface area is 117 Å². The first-order valence-electron chi connectivity index (χ1n) is 6.52. The second-order valence-corrected chi connectivity index (χ2v) is 5.77. The van der Waals surface area contributed by atoms with Crippen molar-refractivity contribution in [3.63, 3.8) is 0 Å². The average Bonchev–Trinajstić information content (AvgIpc) is 2.91. The molecule has 3 heterocycles. The molecule has 19 heavy (non-hydrogen) atoms. The van der Waals surface area contributed by atoms with E-state index in [-0.39, 0.29) is 0 Å². The number of anilines is 1. The quantitative estimate of drug-likeness (QED) is 0.837. The van der Waals surface area contributed by atoms with E-state index >= 15 is 0 Å². The Hall–Kier alpha value is -1.68. The normalized spacial score (nSPS) is 15.5. The number of aromatic nitrogens is 2. The molecule has 3 nitrogen and oxygen atoms in total. The van der Waals surface area contributed by atoms with Crippen LogP contribution in [-0.2, 0) is 0 Å². The Morgan fingerprint density at radius 3 is 2.79 bits per heavy atom. The van der Waals surface area contributed by atoms with Gasteiger partial charge in [0.25, 0.3) is 0 Å². The molecule has 3 rings (SSSR count). The van der Waals surface area contributed by atoms with E-state index in [0.717, 1.165) is 36.8 Å². The van der Waals surface area contributed by atoms with Crippen LogP contribution in [0.2, 0.25) is 0 Å². The van der Waals surface area contributed by atoms with Crippen molar-refractivity contribution in [2.45, 2.75) is 20.3 Å². The number of hydrogen-bond acceptors (Lipinski definition) is 4. The summed E-state index contributed by atoms with van der Waals surface area (Å²) in [6, 6.07) is 6.38. The highest BCUT2D eigenvalue weighted by atomic mass is 32.1. The summed E-state index contributed by atoms with van der Waals surface area (Å²) in [5.74, 6) is 1.90. The maximum atomic E-state index is 4.53. The molecule has 2 aromatic heterocycles. The molecule has 1 aliphatic heterocycles. The van der Waals surface area contributed by atoms with E-state index in [0.29, 0.717) is 0 Å². The van der Waals surface area contributed by atoms with Crippen LogP contribution in [0.3, 0.4) is 0 Å². The first-order chi connectivity index (χ1) is 9.22. The smallest absolute Gasteiger partial charge is 0.132 e. The molecular weight excluding hydrogens is 254 g/mol. The van der Waals surface area contributed by atoms with E-state index in [1.807, 2.05) is 25.2 Å². The fourth-order valence-corrected chi connectivity index (χ4v) is 3.22. The van der Waals surface area contributed by atoms with Crippen molar-refractivity contribution in [1.29, 1.82) is 0 Å². The largest absolute Gasteiger partial charge is 0.352 e. The zero-order valence-electron chi connectivity index (χ0n) is 11.3. The number of thiophene rings is 1. The zero-order chi connectivity index (χ0) is 13.2. The van der Waals surface area contributed by atoms with Gasteiger partial charge in [-0.1, -0.05) is 12.1 Å². The summed E-state index contributed by atoms with van der Waals surface area (Å²) in [4.78, 5) is 12.6. The Bertz CT molecular complexity index is 582. The zero-order valence-corrected chi connectivity index (χ0v) is 12.1. The first kappa shape index (κ1) is 12.4. The van der Waals surface area contributed by atoms with Crippen molar-refractivity contribution in [2.75, 3.05) is 18.0 Å². The molecule has 0 spiro atoms. The summed E-state index contributed by atoms with van der Waals surface area (Å²) < 4.78 is 0. The predicted molar refractivity (Wildman–Crippen MR) is 80.6 cm³/mol. The van der Waals surface area contributed by atoms with Crippen molar-refractivity contribution in [1.82, 2.24) is 9.97 Å². The van der Waals surface area contributed by atoms with Gasteiger partial charge in [-0.15, -0.1) is 11.3 Å². The molecule has 0 bridgehead atoms. The van der Waals surface area contributed by atoms with Gasteiger partial charge in [-0.05, 0) is 37.3 Å². The van der Waals surface area contributed by atoms with E-state index in [4.69, 9.17) is 0 Å². The Morgan fingerprint density at radius 2 is 2.16 bits per heavy atom. The van der Waals surface area contributed by atoms with Crippen LogP contribution in [-0.4, -0.2) is 23.1 Å². The number of nitrogens with zero attached hydrogens (tertiary/aromatic N) is 3. The van der Waals surface area contributed by atoms with Crippen molar-refractivity contribution in [3.8, 4) is 0 Å². The molecule has 0 amide bonds. The fraction of sp³-hybridized carbons (Fsp3) is 0.333. The van der Waals surface area contributed by atoms with Gasteiger partial charge in [-0.3, -0.25) is 0 Å². The van der Waals surface area contributed by atoms with E-state index in [1.165, 1.54) is 10.5 Å². The number of aryl methyl sites for hydroxylation is 2. The third kappa shape index (κ3) is 2.68. The van der Waals surface area contributed by atoms with Crippen LogP contribution in [0.15, 0.2) is 29.7 Å². The minimum atomic E-state index is 0.850. The van der Waals surface area contributed by atoms with E-state index in [9.17, 15) is 0 Å². The summed E-state index contributed by atoms with van der Waals surface area (Å²) in [7, 11) is 0. The van der Waals surface area contributed by atoms with Crippen LogP contribution >= 0.6 is 11.3 Å². The minimum absolute atomic E-state index is 0.850. The molecule has 0 aliphatic carbocycles. The van der Waals surface area contributed by atoms with Crippen molar-refractivity contribution < 1.29 is 0 Å². The molecule has 0 fully saturated rings. The molecule has 1 aliphatic rings. The van der Waals surface area contributed by atoms with Gasteiger partial charge in [0, 0.05) is 29.7 Å². The maximum absolute atomic E-state index is 4.53. The number of hydrogen-bond donors (Lipinski definition) is 0. The van der Waals surface area contributed by atoms with Gasteiger partial charge in [-0.25, -0.2) is 9.97 Å². The van der Waals surface area contributed by atoms with Crippen LogP contribution in [0.25, 0.3) is 5.57 Å². The van der Waals surface area contributed by atoms with E-state index < -0.39 is 0 Å². The summed E-state index contributed by atoms with van der Waals surface area (Å²) in [5.41, 5.74) is 2.50. The molecule has 98 valence electrons. The molecule has 0 aromatic carbocycles. The van der Waals surface area contributed by atoms with Gasteiger partial charge in [0.05, 0.1) is 0 Å². The van der Waals surface area contributed by atoms with Crippen LogP contribution < -0.4 is 4.90 Å². The van der Waals surface area contributed by atoms with E-state index in [2.05, 4.69) is 44.5 Å². The Balaban J connectivity index is 1.79. The fourth-order valence-electron chi connectivity index (χ4n) is 2.42. The molecule has 0 saturated carbocycles. The standard InChI is InChI=1S/C15H17N3S/c1-11-10-15(17-12(2)16-11)18-7-5-13(6-8-18)14-4-3-9-19-14/h3-5,9-10H,6-8H2,1-2H3. The summed E-state index contributed by atoms with van der Waals surface area (Å²) in [6.45, 7) is 5.94. The molecular formula is C15H17N3S. The van der Waals surface area contributed by atoms with Gasteiger partial charge in [0.2, 0.25) is 0 Å². The second-order valence-electron chi connectivity index (χ2n) is 4.82. The molecule has 4 heteroatoms. The monoisotopic (exact) mass is 271 g/mol. The lowest BCUT2D eigenvalue weighted by atomic mass is 10.1. The SMILES string of the molecule is Cc1cc(N2CC=C(c3cccs3)CC2)nc(C)n1. The molecule has 0 N–H and O–H groups in total. The highest BCUT2D eigenvalue weighted by Crippen LogP contribution is 2.27. The van der Waals surface area contributed by atoms with Gasteiger partial charge >= 0.3 is 0 Å².